The number of thioether (sulfide) groups is 1. The van der Waals surface area contributed by atoms with E-state index < -0.39 is 0 Å². The van der Waals surface area contributed by atoms with E-state index in [0.29, 0.717) is 11.5 Å². The predicted octanol–water partition coefficient (Wildman–Crippen LogP) is 0.996. The number of likely N-dealkylation sites (tertiary alicyclic amines) is 1. The maximum absolute atomic E-state index is 11.6. The van der Waals surface area contributed by atoms with Crippen molar-refractivity contribution < 1.29 is 4.79 Å². The van der Waals surface area contributed by atoms with E-state index in [1.165, 1.54) is 0 Å². The molecule has 104 valence electrons. The molecule has 0 saturated carbocycles. The standard InChI is InChI=1S/C12H23N3OS2/c1-3-6-14-10(16)9-15-7-4-12(18-2,5-8-15)11(13)17/h3-9H2,1-2H3,(H2,13,17)(H,14,16). The van der Waals surface area contributed by atoms with Crippen LogP contribution in [0.25, 0.3) is 0 Å². The minimum Gasteiger partial charge on any atom is -0.392 e. The van der Waals surface area contributed by atoms with Gasteiger partial charge in [-0.25, -0.2) is 0 Å². The molecular weight excluding hydrogens is 266 g/mol. The van der Waals surface area contributed by atoms with Gasteiger partial charge in [-0.15, -0.1) is 0 Å². The van der Waals surface area contributed by atoms with E-state index in [1.54, 1.807) is 11.8 Å². The lowest BCUT2D eigenvalue weighted by atomic mass is 9.95. The Morgan fingerprint density at radius 3 is 2.56 bits per heavy atom. The van der Waals surface area contributed by atoms with Crippen molar-refractivity contribution in [1.82, 2.24) is 10.2 Å². The van der Waals surface area contributed by atoms with Gasteiger partial charge in [-0.1, -0.05) is 19.1 Å². The lowest BCUT2D eigenvalue weighted by Gasteiger charge is -2.39. The normalized spacial score (nSPS) is 19.4. The van der Waals surface area contributed by atoms with E-state index in [4.69, 9.17) is 18.0 Å². The summed E-state index contributed by atoms with van der Waals surface area (Å²) < 4.78 is -0.0638. The van der Waals surface area contributed by atoms with Gasteiger partial charge in [-0.05, 0) is 25.5 Å². The van der Waals surface area contributed by atoms with Crippen LogP contribution in [0.2, 0.25) is 0 Å². The Morgan fingerprint density at radius 1 is 1.50 bits per heavy atom. The van der Waals surface area contributed by atoms with Gasteiger partial charge in [0.05, 0.1) is 16.3 Å². The van der Waals surface area contributed by atoms with Crippen molar-refractivity contribution in [2.75, 3.05) is 32.4 Å². The molecule has 0 aromatic rings. The van der Waals surface area contributed by atoms with Crippen LogP contribution in [0.3, 0.4) is 0 Å². The van der Waals surface area contributed by atoms with Crippen LogP contribution in [0.5, 0.6) is 0 Å². The SMILES string of the molecule is CCCNC(=O)CN1CCC(SC)(C(N)=S)CC1. The minimum atomic E-state index is -0.0638. The molecule has 18 heavy (non-hydrogen) atoms. The van der Waals surface area contributed by atoms with Crippen molar-refractivity contribution in [2.24, 2.45) is 5.73 Å². The molecule has 0 aromatic carbocycles. The fraction of sp³-hybridized carbons (Fsp3) is 0.833. The van der Waals surface area contributed by atoms with E-state index in [0.717, 1.165) is 38.9 Å². The zero-order valence-electron chi connectivity index (χ0n) is 11.2. The molecule has 1 rings (SSSR count). The molecule has 0 radical (unpaired) electrons. The predicted molar refractivity (Wildman–Crippen MR) is 82.0 cm³/mol. The number of rotatable bonds is 6. The maximum atomic E-state index is 11.6. The van der Waals surface area contributed by atoms with Crippen LogP contribution in [0, 0.1) is 0 Å². The maximum Gasteiger partial charge on any atom is 0.234 e. The molecule has 1 saturated heterocycles. The summed E-state index contributed by atoms with van der Waals surface area (Å²) in [7, 11) is 0. The summed E-state index contributed by atoms with van der Waals surface area (Å²) in [6.45, 7) is 5.07. The Morgan fingerprint density at radius 2 is 2.11 bits per heavy atom. The molecule has 1 amide bonds. The van der Waals surface area contributed by atoms with E-state index in [2.05, 4.69) is 23.4 Å². The molecule has 0 atom stereocenters. The van der Waals surface area contributed by atoms with Crippen LogP contribution in [-0.2, 0) is 4.79 Å². The highest BCUT2D eigenvalue weighted by Crippen LogP contribution is 2.34. The van der Waals surface area contributed by atoms with Crippen molar-refractivity contribution in [3.63, 3.8) is 0 Å². The van der Waals surface area contributed by atoms with E-state index >= 15 is 0 Å². The molecule has 4 nitrogen and oxygen atoms in total. The number of thiocarbonyl (C=S) groups is 1. The van der Waals surface area contributed by atoms with Gasteiger partial charge in [-0.3, -0.25) is 9.69 Å². The molecule has 0 bridgehead atoms. The van der Waals surface area contributed by atoms with Gasteiger partial charge < -0.3 is 11.1 Å². The number of nitrogens with one attached hydrogen (secondary N) is 1. The molecule has 1 aliphatic heterocycles. The summed E-state index contributed by atoms with van der Waals surface area (Å²) in [5, 5.41) is 2.90. The summed E-state index contributed by atoms with van der Waals surface area (Å²) in [4.78, 5) is 14.4. The first-order valence-corrected chi connectivity index (χ1v) is 8.01. The van der Waals surface area contributed by atoms with Crippen molar-refractivity contribution in [2.45, 2.75) is 30.9 Å². The monoisotopic (exact) mass is 289 g/mol. The van der Waals surface area contributed by atoms with Crippen molar-refractivity contribution in [3.8, 4) is 0 Å². The zero-order valence-corrected chi connectivity index (χ0v) is 12.8. The van der Waals surface area contributed by atoms with Crippen molar-refractivity contribution in [3.05, 3.63) is 0 Å². The van der Waals surface area contributed by atoms with Crippen LogP contribution >= 0.6 is 24.0 Å². The fourth-order valence-corrected chi connectivity index (χ4v) is 3.39. The quantitative estimate of drug-likeness (QED) is 0.714. The third-order valence-corrected chi connectivity index (χ3v) is 5.37. The average Bonchev–Trinajstić information content (AvgIpc) is 2.37. The van der Waals surface area contributed by atoms with Gasteiger partial charge >= 0.3 is 0 Å². The largest absolute Gasteiger partial charge is 0.392 e. The lowest BCUT2D eigenvalue weighted by Crippen LogP contribution is -2.51. The van der Waals surface area contributed by atoms with Gasteiger partial charge in [0.2, 0.25) is 5.91 Å². The third kappa shape index (κ3) is 4.10. The van der Waals surface area contributed by atoms with Crippen LogP contribution in [0.4, 0.5) is 0 Å². The highest BCUT2D eigenvalue weighted by molar-refractivity contribution is 8.02. The number of nitrogens with zero attached hydrogens (tertiary/aromatic N) is 1. The molecule has 1 fully saturated rings. The highest BCUT2D eigenvalue weighted by Gasteiger charge is 2.36. The van der Waals surface area contributed by atoms with Gasteiger partial charge in [-0.2, -0.15) is 11.8 Å². The highest BCUT2D eigenvalue weighted by atomic mass is 32.2. The number of hydrogen-bond donors (Lipinski definition) is 2. The van der Waals surface area contributed by atoms with Crippen LogP contribution in [0.1, 0.15) is 26.2 Å². The van der Waals surface area contributed by atoms with Gasteiger partial charge in [0.1, 0.15) is 0 Å². The first-order chi connectivity index (χ1) is 8.54. The molecule has 0 aliphatic carbocycles. The first-order valence-electron chi connectivity index (χ1n) is 6.38. The summed E-state index contributed by atoms with van der Waals surface area (Å²) >= 11 is 6.91. The second kappa shape index (κ2) is 7.31. The Labute approximate surface area is 119 Å². The van der Waals surface area contributed by atoms with E-state index in [9.17, 15) is 4.79 Å². The van der Waals surface area contributed by atoms with Crippen molar-refractivity contribution >= 4 is 34.9 Å². The fourth-order valence-electron chi connectivity index (χ4n) is 2.15. The Bertz CT molecular complexity index is 302. The molecule has 0 aromatic heterocycles. The lowest BCUT2D eigenvalue weighted by molar-refractivity contribution is -0.122. The first kappa shape index (κ1) is 15.7. The van der Waals surface area contributed by atoms with Crippen molar-refractivity contribution in [1.29, 1.82) is 0 Å². The topological polar surface area (TPSA) is 58.4 Å². The van der Waals surface area contributed by atoms with Crippen LogP contribution < -0.4 is 11.1 Å². The molecule has 3 N–H and O–H groups in total. The average molecular weight is 289 g/mol. The van der Waals surface area contributed by atoms with Gasteiger partial charge in [0.25, 0.3) is 0 Å². The van der Waals surface area contributed by atoms with Gasteiger partial charge in [0, 0.05) is 19.6 Å². The molecule has 1 heterocycles. The molecule has 6 heteroatoms. The Kier molecular flexibility index (Phi) is 6.38. The number of amides is 1. The number of carbonyl (C=O) groups excluding carboxylic acids is 1. The Hall–Kier alpha value is -0.330. The van der Waals surface area contributed by atoms with Gasteiger partial charge in [0.15, 0.2) is 0 Å². The van der Waals surface area contributed by atoms with E-state index in [1.807, 2.05) is 0 Å². The molecule has 0 spiro atoms. The zero-order chi connectivity index (χ0) is 13.6. The second-order valence-electron chi connectivity index (χ2n) is 4.69. The number of hydrogen-bond acceptors (Lipinski definition) is 4. The smallest absolute Gasteiger partial charge is 0.234 e. The second-order valence-corrected chi connectivity index (χ2v) is 6.32. The third-order valence-electron chi connectivity index (χ3n) is 3.44. The number of piperidine rings is 1. The van der Waals surface area contributed by atoms with Crippen LogP contribution in [-0.4, -0.2) is 53.0 Å². The molecular formula is C12H23N3OS2. The summed E-state index contributed by atoms with van der Waals surface area (Å²) in [5.41, 5.74) is 5.84. The summed E-state index contributed by atoms with van der Waals surface area (Å²) in [6, 6.07) is 0. The number of nitrogens with two attached hydrogens (primary N) is 1. The summed E-state index contributed by atoms with van der Waals surface area (Å²) in [5.74, 6) is 0.115. The Balaban J connectivity index is 2.39. The van der Waals surface area contributed by atoms with E-state index in [-0.39, 0.29) is 10.7 Å². The molecule has 0 unspecified atom stereocenters. The summed E-state index contributed by atoms with van der Waals surface area (Å²) in [6.07, 6.45) is 4.90. The van der Waals surface area contributed by atoms with Crippen LogP contribution in [0.15, 0.2) is 0 Å². The molecule has 1 aliphatic rings. The minimum absolute atomic E-state index is 0.0638. The number of carbonyl (C=O) groups is 1.